The summed E-state index contributed by atoms with van der Waals surface area (Å²) < 4.78 is 4.63. The van der Waals surface area contributed by atoms with Gasteiger partial charge < -0.3 is 15.4 Å². The van der Waals surface area contributed by atoms with Crippen LogP contribution in [0.5, 0.6) is 0 Å². The van der Waals surface area contributed by atoms with Crippen LogP contribution in [0.25, 0.3) is 0 Å². The molecule has 2 N–H and O–H groups in total. The molecule has 1 rings (SSSR count). The van der Waals surface area contributed by atoms with Crippen LogP contribution >= 0.6 is 11.8 Å². The second-order valence-corrected chi connectivity index (χ2v) is 3.81. The highest BCUT2D eigenvalue weighted by atomic mass is 32.2. The van der Waals surface area contributed by atoms with Crippen LogP contribution in [-0.4, -0.2) is 42.1 Å². The van der Waals surface area contributed by atoms with Gasteiger partial charge in [0, 0.05) is 5.75 Å². The van der Waals surface area contributed by atoms with Crippen LogP contribution in [0, 0.1) is 0 Å². The fraction of sp³-hybridized carbons (Fsp3) is 0.625. The largest absolute Gasteiger partial charge is 0.465 e. The van der Waals surface area contributed by atoms with Crippen LogP contribution in [0.1, 0.15) is 6.92 Å². The van der Waals surface area contributed by atoms with Crippen molar-refractivity contribution in [3.8, 4) is 0 Å². The lowest BCUT2D eigenvalue weighted by Gasteiger charge is -2.09. The van der Waals surface area contributed by atoms with Gasteiger partial charge in [0.05, 0.1) is 6.61 Å². The van der Waals surface area contributed by atoms with E-state index in [4.69, 9.17) is 0 Å². The van der Waals surface area contributed by atoms with Gasteiger partial charge in [-0.1, -0.05) is 11.8 Å². The lowest BCUT2D eigenvalue weighted by atomic mass is 10.3. The second kappa shape index (κ2) is 5.59. The van der Waals surface area contributed by atoms with E-state index in [-0.39, 0.29) is 24.3 Å². The van der Waals surface area contributed by atoms with Gasteiger partial charge in [-0.3, -0.25) is 14.4 Å². The molecule has 0 aromatic rings. The van der Waals surface area contributed by atoms with E-state index in [1.807, 2.05) is 0 Å². The van der Waals surface area contributed by atoms with Crippen LogP contribution < -0.4 is 10.6 Å². The molecule has 1 heterocycles. The molecular formula is C8H12N2O4S. The first-order valence-corrected chi connectivity index (χ1v) is 5.48. The lowest BCUT2D eigenvalue weighted by Crippen LogP contribution is -2.44. The van der Waals surface area contributed by atoms with E-state index < -0.39 is 12.0 Å². The molecule has 7 heteroatoms. The molecule has 84 valence electrons. The maximum Gasteiger partial charge on any atom is 0.325 e. The molecule has 15 heavy (non-hydrogen) atoms. The number of amides is 2. The van der Waals surface area contributed by atoms with E-state index >= 15 is 0 Å². The SMILES string of the molecule is CCOC(=O)CNC(=O)C1CSC(=O)N1. The quantitative estimate of drug-likeness (QED) is 0.638. The molecule has 0 aliphatic carbocycles. The summed E-state index contributed by atoms with van der Waals surface area (Å²) in [6.07, 6.45) is 0. The van der Waals surface area contributed by atoms with Gasteiger partial charge in [-0.05, 0) is 6.92 Å². The van der Waals surface area contributed by atoms with E-state index in [1.165, 1.54) is 0 Å². The first kappa shape index (κ1) is 11.8. The second-order valence-electron chi connectivity index (χ2n) is 2.82. The Morgan fingerprint density at radius 3 is 2.93 bits per heavy atom. The van der Waals surface area contributed by atoms with Crippen molar-refractivity contribution in [1.82, 2.24) is 10.6 Å². The molecule has 1 aliphatic rings. The first-order valence-electron chi connectivity index (χ1n) is 4.50. The first-order chi connectivity index (χ1) is 7.13. The van der Waals surface area contributed by atoms with E-state index in [0.29, 0.717) is 5.75 Å². The van der Waals surface area contributed by atoms with Crippen molar-refractivity contribution >= 4 is 28.9 Å². The Morgan fingerprint density at radius 2 is 2.40 bits per heavy atom. The number of esters is 1. The van der Waals surface area contributed by atoms with E-state index in [0.717, 1.165) is 11.8 Å². The van der Waals surface area contributed by atoms with E-state index in [9.17, 15) is 14.4 Å². The molecular weight excluding hydrogens is 220 g/mol. The van der Waals surface area contributed by atoms with Crippen molar-refractivity contribution in [3.63, 3.8) is 0 Å². The van der Waals surface area contributed by atoms with Crippen LogP contribution in [0.15, 0.2) is 0 Å². The molecule has 2 amide bonds. The maximum atomic E-state index is 11.4. The third-order valence-electron chi connectivity index (χ3n) is 1.70. The van der Waals surface area contributed by atoms with Crippen molar-refractivity contribution in [2.75, 3.05) is 18.9 Å². The summed E-state index contributed by atoms with van der Waals surface area (Å²) in [5, 5.41) is 4.64. The van der Waals surface area contributed by atoms with Crippen molar-refractivity contribution < 1.29 is 19.1 Å². The van der Waals surface area contributed by atoms with Gasteiger partial charge in [-0.15, -0.1) is 0 Å². The smallest absolute Gasteiger partial charge is 0.325 e. The molecule has 0 bridgehead atoms. The Bertz CT molecular complexity index is 282. The Morgan fingerprint density at radius 1 is 1.67 bits per heavy atom. The monoisotopic (exact) mass is 232 g/mol. The zero-order valence-corrected chi connectivity index (χ0v) is 9.06. The normalized spacial score (nSPS) is 19.5. The highest BCUT2D eigenvalue weighted by molar-refractivity contribution is 8.14. The molecule has 0 saturated carbocycles. The van der Waals surface area contributed by atoms with Crippen molar-refractivity contribution in [1.29, 1.82) is 0 Å². The van der Waals surface area contributed by atoms with E-state index in [1.54, 1.807) is 6.92 Å². The zero-order valence-electron chi connectivity index (χ0n) is 8.24. The fourth-order valence-corrected chi connectivity index (χ4v) is 1.80. The summed E-state index contributed by atoms with van der Waals surface area (Å²) in [5.41, 5.74) is 0. The molecule has 1 atom stereocenters. The minimum atomic E-state index is -0.545. The van der Waals surface area contributed by atoms with Gasteiger partial charge in [-0.25, -0.2) is 0 Å². The highest BCUT2D eigenvalue weighted by Crippen LogP contribution is 2.12. The Hall–Kier alpha value is -1.24. The Labute approximate surface area is 91.1 Å². The number of nitrogens with one attached hydrogen (secondary N) is 2. The number of carbonyl (C=O) groups excluding carboxylic acids is 3. The lowest BCUT2D eigenvalue weighted by molar-refractivity contribution is -0.143. The molecule has 0 aromatic carbocycles. The van der Waals surface area contributed by atoms with Gasteiger partial charge in [0.25, 0.3) is 5.24 Å². The van der Waals surface area contributed by atoms with Crippen LogP contribution in [0.4, 0.5) is 4.79 Å². The number of rotatable bonds is 4. The average Bonchev–Trinajstić information content (AvgIpc) is 2.62. The van der Waals surface area contributed by atoms with Crippen LogP contribution in [0.2, 0.25) is 0 Å². The molecule has 6 nitrogen and oxygen atoms in total. The molecule has 0 radical (unpaired) electrons. The fourth-order valence-electron chi connectivity index (χ4n) is 1.02. The third kappa shape index (κ3) is 3.78. The van der Waals surface area contributed by atoms with Crippen molar-refractivity contribution in [2.45, 2.75) is 13.0 Å². The number of ether oxygens (including phenoxy) is 1. The number of hydrogen-bond donors (Lipinski definition) is 2. The summed E-state index contributed by atoms with van der Waals surface area (Å²) in [5.74, 6) is -0.447. The molecule has 0 aromatic heterocycles. The summed E-state index contributed by atoms with van der Waals surface area (Å²) in [6, 6.07) is -0.545. The van der Waals surface area contributed by atoms with Gasteiger partial charge in [0.2, 0.25) is 5.91 Å². The molecule has 1 unspecified atom stereocenters. The molecule has 1 fully saturated rings. The van der Waals surface area contributed by atoms with Gasteiger partial charge in [-0.2, -0.15) is 0 Å². The molecule has 1 saturated heterocycles. The minimum absolute atomic E-state index is 0.163. The summed E-state index contributed by atoms with van der Waals surface area (Å²) in [6.45, 7) is 1.81. The van der Waals surface area contributed by atoms with E-state index in [2.05, 4.69) is 15.4 Å². The Balaban J connectivity index is 2.24. The average molecular weight is 232 g/mol. The molecule has 0 spiro atoms. The number of carbonyl (C=O) groups is 3. The summed E-state index contributed by atoms with van der Waals surface area (Å²) in [7, 11) is 0. The van der Waals surface area contributed by atoms with Crippen molar-refractivity contribution in [2.24, 2.45) is 0 Å². The minimum Gasteiger partial charge on any atom is -0.465 e. The number of hydrogen-bond acceptors (Lipinski definition) is 5. The van der Waals surface area contributed by atoms with Crippen LogP contribution in [0.3, 0.4) is 0 Å². The standard InChI is InChI=1S/C8H12N2O4S/c1-2-14-6(11)3-9-7(12)5-4-15-8(13)10-5/h5H,2-4H2,1H3,(H,9,12)(H,10,13). The topological polar surface area (TPSA) is 84.5 Å². The molecule has 1 aliphatic heterocycles. The predicted octanol–water partition coefficient (Wildman–Crippen LogP) is -0.509. The predicted molar refractivity (Wildman–Crippen MR) is 54.4 cm³/mol. The Kier molecular flexibility index (Phi) is 4.41. The summed E-state index contributed by atoms with van der Waals surface area (Å²) in [4.78, 5) is 33.0. The zero-order chi connectivity index (χ0) is 11.3. The van der Waals surface area contributed by atoms with Gasteiger partial charge in [0.15, 0.2) is 0 Å². The maximum absolute atomic E-state index is 11.4. The highest BCUT2D eigenvalue weighted by Gasteiger charge is 2.27. The van der Waals surface area contributed by atoms with Gasteiger partial charge >= 0.3 is 5.97 Å². The van der Waals surface area contributed by atoms with Crippen molar-refractivity contribution in [3.05, 3.63) is 0 Å². The van der Waals surface area contributed by atoms with Crippen LogP contribution in [-0.2, 0) is 14.3 Å². The third-order valence-corrected chi connectivity index (χ3v) is 2.58. The van der Waals surface area contributed by atoms with Gasteiger partial charge in [0.1, 0.15) is 12.6 Å². The number of thioether (sulfide) groups is 1. The summed E-state index contributed by atoms with van der Waals surface area (Å²) >= 11 is 1.05.